The van der Waals surface area contributed by atoms with Crippen molar-refractivity contribution in [2.75, 3.05) is 0 Å². The Morgan fingerprint density at radius 3 is 2.76 bits per heavy atom. The van der Waals surface area contributed by atoms with Crippen LogP contribution in [0.5, 0.6) is 5.75 Å². The molecule has 0 fully saturated rings. The minimum atomic E-state index is -0.971. The van der Waals surface area contributed by atoms with Gasteiger partial charge in [-0.25, -0.2) is 0 Å². The average Bonchev–Trinajstić information content (AvgIpc) is 2.69. The van der Waals surface area contributed by atoms with Gasteiger partial charge in [-0.15, -0.1) is 0 Å². The molecule has 1 heterocycles. The Bertz CT molecular complexity index is 559. The minimum Gasteiger partial charge on any atom is -0.507 e. The Kier molecular flexibility index (Phi) is 3.06. The zero-order valence-corrected chi connectivity index (χ0v) is 9.44. The summed E-state index contributed by atoms with van der Waals surface area (Å²) in [7, 11) is 0. The maximum absolute atomic E-state index is 10.5. The third-order valence-electron chi connectivity index (χ3n) is 2.21. The van der Waals surface area contributed by atoms with Crippen molar-refractivity contribution in [1.29, 1.82) is 0 Å². The van der Waals surface area contributed by atoms with Gasteiger partial charge in [-0.05, 0) is 30.3 Å². The third-order valence-corrected chi connectivity index (χ3v) is 2.45. The summed E-state index contributed by atoms with van der Waals surface area (Å²) < 4.78 is 5.32. The predicted octanol–water partition coefficient (Wildman–Crippen LogP) is 2.93. The van der Waals surface area contributed by atoms with Crippen molar-refractivity contribution in [2.45, 2.75) is 6.42 Å². The number of benzene rings is 1. The lowest BCUT2D eigenvalue weighted by Gasteiger charge is -2.01. The number of furan rings is 1. The fraction of sp³-hybridized carbons (Fsp3) is 0.0833. The van der Waals surface area contributed by atoms with Crippen molar-refractivity contribution < 1.29 is 19.4 Å². The van der Waals surface area contributed by atoms with E-state index in [-0.39, 0.29) is 12.2 Å². The second-order valence-electron chi connectivity index (χ2n) is 3.50. The smallest absolute Gasteiger partial charge is 0.311 e. The lowest BCUT2D eigenvalue weighted by Crippen LogP contribution is -1.97. The third kappa shape index (κ3) is 2.60. The van der Waals surface area contributed by atoms with Gasteiger partial charge in [0.2, 0.25) is 0 Å². The van der Waals surface area contributed by atoms with E-state index >= 15 is 0 Å². The molecule has 4 nitrogen and oxygen atoms in total. The molecule has 5 heteroatoms. The van der Waals surface area contributed by atoms with E-state index in [2.05, 4.69) is 0 Å². The summed E-state index contributed by atoms with van der Waals surface area (Å²) in [6.07, 6.45) is -0.193. The van der Waals surface area contributed by atoms with E-state index in [1.807, 2.05) is 0 Å². The molecule has 0 amide bonds. The van der Waals surface area contributed by atoms with Crippen molar-refractivity contribution >= 4 is 17.6 Å². The van der Waals surface area contributed by atoms with Crippen molar-refractivity contribution in [3.63, 3.8) is 0 Å². The van der Waals surface area contributed by atoms with Crippen LogP contribution < -0.4 is 0 Å². The molecule has 0 saturated carbocycles. The van der Waals surface area contributed by atoms with E-state index in [4.69, 9.17) is 21.1 Å². The number of hydrogen-bond acceptors (Lipinski definition) is 3. The molecule has 2 N–H and O–H groups in total. The van der Waals surface area contributed by atoms with Gasteiger partial charge in [0.25, 0.3) is 0 Å². The number of phenols is 1. The van der Waals surface area contributed by atoms with E-state index < -0.39 is 5.97 Å². The lowest BCUT2D eigenvalue weighted by molar-refractivity contribution is -0.136. The largest absolute Gasteiger partial charge is 0.507 e. The maximum Gasteiger partial charge on any atom is 0.311 e. The van der Waals surface area contributed by atoms with E-state index in [1.54, 1.807) is 24.3 Å². The van der Waals surface area contributed by atoms with Gasteiger partial charge >= 0.3 is 5.97 Å². The van der Waals surface area contributed by atoms with Gasteiger partial charge in [0.15, 0.2) is 0 Å². The Balaban J connectivity index is 2.36. The molecule has 2 rings (SSSR count). The lowest BCUT2D eigenvalue weighted by atomic mass is 10.1. The number of halogens is 1. The van der Waals surface area contributed by atoms with Gasteiger partial charge in [0.1, 0.15) is 23.7 Å². The second kappa shape index (κ2) is 4.51. The molecule has 0 bridgehead atoms. The van der Waals surface area contributed by atoms with Crippen LogP contribution in [0.3, 0.4) is 0 Å². The average molecular weight is 253 g/mol. The molecule has 0 radical (unpaired) electrons. The van der Waals surface area contributed by atoms with Gasteiger partial charge in [-0.3, -0.25) is 4.79 Å². The standard InChI is InChI=1S/C12H9ClO4/c13-7-1-3-10(14)9(5-7)11-4-2-8(17-11)6-12(15)16/h1-5,14H,6H2,(H,15,16). The van der Waals surface area contributed by atoms with Gasteiger partial charge in [-0.2, -0.15) is 0 Å². The van der Waals surface area contributed by atoms with Crippen LogP contribution in [0.25, 0.3) is 11.3 Å². The molecule has 0 aliphatic heterocycles. The Morgan fingerprint density at radius 2 is 2.06 bits per heavy atom. The minimum absolute atomic E-state index is 0.0330. The number of aromatic hydroxyl groups is 1. The first-order valence-corrected chi connectivity index (χ1v) is 5.23. The summed E-state index contributed by atoms with van der Waals surface area (Å²) in [4.78, 5) is 10.5. The normalized spacial score (nSPS) is 10.4. The highest BCUT2D eigenvalue weighted by Crippen LogP contribution is 2.32. The molecule has 0 atom stereocenters. The highest BCUT2D eigenvalue weighted by Gasteiger charge is 2.11. The highest BCUT2D eigenvalue weighted by atomic mass is 35.5. The van der Waals surface area contributed by atoms with E-state index in [9.17, 15) is 9.90 Å². The Labute approximate surface area is 102 Å². The first kappa shape index (κ1) is 11.5. The molecule has 0 aliphatic carbocycles. The number of carboxylic acid groups (broad SMARTS) is 1. The molecule has 2 aromatic rings. The van der Waals surface area contributed by atoms with Crippen molar-refractivity contribution in [1.82, 2.24) is 0 Å². The van der Waals surface area contributed by atoms with Crippen LogP contribution in [0.4, 0.5) is 0 Å². The number of carboxylic acids is 1. The molecule has 1 aromatic carbocycles. The molecule has 0 saturated heterocycles. The second-order valence-corrected chi connectivity index (χ2v) is 3.93. The molecular weight excluding hydrogens is 244 g/mol. The highest BCUT2D eigenvalue weighted by molar-refractivity contribution is 6.30. The number of carbonyl (C=O) groups is 1. The van der Waals surface area contributed by atoms with Crippen LogP contribution in [0.15, 0.2) is 34.7 Å². The van der Waals surface area contributed by atoms with Crippen molar-refractivity contribution in [3.05, 3.63) is 41.1 Å². The summed E-state index contributed by atoms with van der Waals surface area (Å²) in [5, 5.41) is 18.7. The van der Waals surface area contributed by atoms with Crippen LogP contribution >= 0.6 is 11.6 Å². The Hall–Kier alpha value is -1.94. The number of phenolic OH excluding ortho intramolecular Hbond substituents is 1. The molecule has 1 aromatic heterocycles. The van der Waals surface area contributed by atoms with Gasteiger partial charge in [0.05, 0.1) is 5.56 Å². The van der Waals surface area contributed by atoms with Crippen molar-refractivity contribution in [2.24, 2.45) is 0 Å². The maximum atomic E-state index is 10.5. The van der Waals surface area contributed by atoms with E-state index in [0.29, 0.717) is 22.1 Å². The zero-order chi connectivity index (χ0) is 12.4. The van der Waals surface area contributed by atoms with Crippen LogP contribution in [0.2, 0.25) is 5.02 Å². The first-order chi connectivity index (χ1) is 8.06. The predicted molar refractivity (Wildman–Crippen MR) is 62.2 cm³/mol. The molecular formula is C12H9ClO4. The van der Waals surface area contributed by atoms with Crippen LogP contribution in [0, 0.1) is 0 Å². The van der Waals surface area contributed by atoms with E-state index in [0.717, 1.165) is 0 Å². The van der Waals surface area contributed by atoms with Crippen LogP contribution in [-0.2, 0) is 11.2 Å². The molecule has 88 valence electrons. The zero-order valence-electron chi connectivity index (χ0n) is 8.68. The van der Waals surface area contributed by atoms with E-state index in [1.165, 1.54) is 6.07 Å². The Morgan fingerprint density at radius 1 is 1.29 bits per heavy atom. The fourth-order valence-electron chi connectivity index (χ4n) is 1.47. The van der Waals surface area contributed by atoms with Gasteiger partial charge in [0, 0.05) is 5.02 Å². The van der Waals surface area contributed by atoms with Gasteiger partial charge in [-0.1, -0.05) is 11.6 Å². The number of rotatable bonds is 3. The molecule has 0 aliphatic rings. The number of aliphatic carboxylic acids is 1. The van der Waals surface area contributed by atoms with Crippen LogP contribution in [0.1, 0.15) is 5.76 Å². The van der Waals surface area contributed by atoms with Crippen molar-refractivity contribution in [3.8, 4) is 17.1 Å². The first-order valence-electron chi connectivity index (χ1n) is 4.85. The summed E-state index contributed by atoms with van der Waals surface area (Å²) in [6.45, 7) is 0. The molecule has 17 heavy (non-hydrogen) atoms. The molecule has 0 unspecified atom stereocenters. The summed E-state index contributed by atoms with van der Waals surface area (Å²) in [5.41, 5.74) is 0.439. The topological polar surface area (TPSA) is 70.7 Å². The monoisotopic (exact) mass is 252 g/mol. The fourth-order valence-corrected chi connectivity index (χ4v) is 1.64. The van der Waals surface area contributed by atoms with Crippen LogP contribution in [-0.4, -0.2) is 16.2 Å². The SMILES string of the molecule is O=C(O)Cc1ccc(-c2cc(Cl)ccc2O)o1. The van der Waals surface area contributed by atoms with Gasteiger partial charge < -0.3 is 14.6 Å². The summed E-state index contributed by atoms with van der Waals surface area (Å²) >= 11 is 5.81. The summed E-state index contributed by atoms with van der Waals surface area (Å²) in [6, 6.07) is 7.73. The number of hydrogen-bond donors (Lipinski definition) is 2. The quantitative estimate of drug-likeness (QED) is 0.881. The summed E-state index contributed by atoms with van der Waals surface area (Å²) in [5.74, 6) is -0.222. The molecule has 0 spiro atoms.